The number of hydrogen-bond acceptors (Lipinski definition) is 6. The average Bonchev–Trinajstić information content (AvgIpc) is 3.01. The molecule has 1 atom stereocenters. The number of carbonyl (C=O) groups is 1. The van der Waals surface area contributed by atoms with Crippen molar-refractivity contribution in [3.05, 3.63) is 24.4 Å². The Morgan fingerprint density at radius 2 is 2.04 bits per heavy atom. The first kappa shape index (κ1) is 19.1. The lowest BCUT2D eigenvalue weighted by Crippen LogP contribution is -2.48. The van der Waals surface area contributed by atoms with E-state index in [-0.39, 0.29) is 23.5 Å². The van der Waals surface area contributed by atoms with Crippen LogP contribution in [0.1, 0.15) is 19.8 Å². The Hall–Kier alpha value is -1.67. The molecule has 0 N–H and O–H groups in total. The van der Waals surface area contributed by atoms with E-state index in [4.69, 9.17) is 0 Å². The van der Waals surface area contributed by atoms with Gasteiger partial charge >= 0.3 is 0 Å². The van der Waals surface area contributed by atoms with Crippen molar-refractivity contribution >= 4 is 21.6 Å². The zero-order valence-electron chi connectivity index (χ0n) is 15.4. The first-order chi connectivity index (χ1) is 12.5. The van der Waals surface area contributed by atoms with Crippen LogP contribution in [0.25, 0.3) is 0 Å². The van der Waals surface area contributed by atoms with E-state index in [1.807, 2.05) is 31.3 Å². The number of amides is 1. The molecule has 1 unspecified atom stereocenters. The van der Waals surface area contributed by atoms with Crippen molar-refractivity contribution in [2.45, 2.75) is 25.8 Å². The monoisotopic (exact) mass is 380 g/mol. The summed E-state index contributed by atoms with van der Waals surface area (Å²) in [4.78, 5) is 23.3. The van der Waals surface area contributed by atoms with Gasteiger partial charge in [0, 0.05) is 57.9 Å². The number of carbonyl (C=O) groups excluding carboxylic acids is 1. The summed E-state index contributed by atoms with van der Waals surface area (Å²) >= 11 is 0. The Bertz CT molecular complexity index is 702. The predicted octanol–water partition coefficient (Wildman–Crippen LogP) is 0.629. The minimum absolute atomic E-state index is 0.0711. The second-order valence-electron chi connectivity index (χ2n) is 7.00. The number of anilines is 1. The van der Waals surface area contributed by atoms with Crippen LogP contribution < -0.4 is 4.90 Å². The molecule has 2 fully saturated rings. The van der Waals surface area contributed by atoms with Gasteiger partial charge in [0.2, 0.25) is 5.91 Å². The van der Waals surface area contributed by atoms with E-state index in [9.17, 15) is 13.2 Å². The van der Waals surface area contributed by atoms with Crippen LogP contribution in [0.4, 0.5) is 5.82 Å². The van der Waals surface area contributed by atoms with Gasteiger partial charge in [-0.15, -0.1) is 0 Å². The van der Waals surface area contributed by atoms with Crippen molar-refractivity contribution < 1.29 is 13.2 Å². The Morgan fingerprint density at radius 3 is 2.62 bits per heavy atom. The Balaban J connectivity index is 1.45. The lowest BCUT2D eigenvalue weighted by molar-refractivity contribution is -0.133. The van der Waals surface area contributed by atoms with Crippen LogP contribution in [-0.2, 0) is 14.6 Å². The minimum atomic E-state index is -2.97. The summed E-state index contributed by atoms with van der Waals surface area (Å²) in [5.41, 5.74) is 0. The van der Waals surface area contributed by atoms with E-state index in [0.29, 0.717) is 19.4 Å². The predicted molar refractivity (Wildman–Crippen MR) is 102 cm³/mol. The first-order valence-electron chi connectivity index (χ1n) is 9.37. The molecule has 2 aliphatic rings. The van der Waals surface area contributed by atoms with Gasteiger partial charge in [-0.25, -0.2) is 13.4 Å². The lowest BCUT2D eigenvalue weighted by atomic mass is 10.2. The molecule has 0 aromatic carbocycles. The zero-order valence-corrected chi connectivity index (χ0v) is 16.2. The Kier molecular flexibility index (Phi) is 6.13. The highest BCUT2D eigenvalue weighted by atomic mass is 32.2. The number of pyridine rings is 1. The molecule has 0 aliphatic carbocycles. The third-order valence-corrected chi connectivity index (χ3v) is 7.05. The molecule has 0 bridgehead atoms. The molecule has 26 heavy (non-hydrogen) atoms. The van der Waals surface area contributed by atoms with Gasteiger partial charge in [0.25, 0.3) is 0 Å². The van der Waals surface area contributed by atoms with Gasteiger partial charge in [-0.1, -0.05) is 6.07 Å². The van der Waals surface area contributed by atoms with Crippen LogP contribution in [-0.4, -0.2) is 85.9 Å². The highest BCUT2D eigenvalue weighted by Gasteiger charge is 2.33. The summed E-state index contributed by atoms with van der Waals surface area (Å²) in [7, 11) is -2.97. The van der Waals surface area contributed by atoms with Crippen LogP contribution in [0.5, 0.6) is 0 Å². The van der Waals surface area contributed by atoms with Crippen molar-refractivity contribution in [1.29, 1.82) is 0 Å². The number of piperazine rings is 1. The van der Waals surface area contributed by atoms with Gasteiger partial charge in [0.1, 0.15) is 5.82 Å². The third-order valence-electron chi connectivity index (χ3n) is 5.30. The summed E-state index contributed by atoms with van der Waals surface area (Å²) in [6.45, 7) is 6.86. The molecule has 0 saturated carbocycles. The van der Waals surface area contributed by atoms with Gasteiger partial charge in [0.15, 0.2) is 9.84 Å². The average molecular weight is 381 g/mol. The molecule has 8 heteroatoms. The molecule has 0 radical (unpaired) electrons. The third kappa shape index (κ3) is 4.73. The van der Waals surface area contributed by atoms with Gasteiger partial charge in [-0.2, -0.15) is 0 Å². The number of sulfone groups is 1. The second-order valence-corrected chi connectivity index (χ2v) is 9.23. The van der Waals surface area contributed by atoms with Gasteiger partial charge in [0.05, 0.1) is 11.5 Å². The largest absolute Gasteiger partial charge is 0.354 e. The van der Waals surface area contributed by atoms with Crippen LogP contribution >= 0.6 is 0 Å². The molecule has 7 nitrogen and oxygen atoms in total. The van der Waals surface area contributed by atoms with Crippen molar-refractivity contribution in [3.8, 4) is 0 Å². The van der Waals surface area contributed by atoms with Crippen molar-refractivity contribution in [1.82, 2.24) is 14.8 Å². The van der Waals surface area contributed by atoms with Gasteiger partial charge < -0.3 is 9.80 Å². The van der Waals surface area contributed by atoms with Crippen LogP contribution in [0.3, 0.4) is 0 Å². The highest BCUT2D eigenvalue weighted by Crippen LogP contribution is 2.19. The lowest BCUT2D eigenvalue weighted by Gasteiger charge is -2.35. The number of rotatable bonds is 6. The Morgan fingerprint density at radius 1 is 1.27 bits per heavy atom. The highest BCUT2D eigenvalue weighted by molar-refractivity contribution is 7.91. The van der Waals surface area contributed by atoms with E-state index >= 15 is 0 Å². The smallest absolute Gasteiger partial charge is 0.224 e. The first-order valence-corrected chi connectivity index (χ1v) is 11.2. The van der Waals surface area contributed by atoms with E-state index in [1.54, 1.807) is 4.90 Å². The number of nitrogens with zero attached hydrogens (tertiary/aromatic N) is 4. The summed E-state index contributed by atoms with van der Waals surface area (Å²) < 4.78 is 23.4. The zero-order chi connectivity index (χ0) is 18.6. The van der Waals surface area contributed by atoms with Gasteiger partial charge in [-0.3, -0.25) is 9.69 Å². The summed E-state index contributed by atoms with van der Waals surface area (Å²) in [5, 5.41) is 0. The molecular formula is C18H28N4O3S. The van der Waals surface area contributed by atoms with Crippen molar-refractivity contribution in [2.75, 3.05) is 55.7 Å². The molecular weight excluding hydrogens is 352 g/mol. The summed E-state index contributed by atoms with van der Waals surface area (Å²) in [6.07, 6.45) is 2.83. The van der Waals surface area contributed by atoms with Crippen LogP contribution in [0.15, 0.2) is 24.4 Å². The molecule has 1 aromatic heterocycles. The molecule has 2 aliphatic heterocycles. The fourth-order valence-corrected chi connectivity index (χ4v) is 5.53. The molecule has 1 aromatic rings. The van der Waals surface area contributed by atoms with Crippen LogP contribution in [0.2, 0.25) is 0 Å². The van der Waals surface area contributed by atoms with E-state index in [2.05, 4.69) is 14.8 Å². The second kappa shape index (κ2) is 8.35. The maximum absolute atomic E-state index is 12.6. The molecule has 2 saturated heterocycles. The molecule has 3 rings (SSSR count). The van der Waals surface area contributed by atoms with E-state index < -0.39 is 9.84 Å². The number of aromatic nitrogens is 1. The maximum atomic E-state index is 12.6. The minimum Gasteiger partial charge on any atom is -0.354 e. The topological polar surface area (TPSA) is 73.8 Å². The number of hydrogen-bond donors (Lipinski definition) is 0. The molecule has 3 heterocycles. The quantitative estimate of drug-likeness (QED) is 0.721. The summed E-state index contributed by atoms with van der Waals surface area (Å²) in [5.74, 6) is 1.40. The molecule has 1 amide bonds. The SMILES string of the molecule is CCN(C(=O)CCN1CCN(c2ccccn2)CC1)C1CCS(=O)(=O)C1. The van der Waals surface area contributed by atoms with Crippen molar-refractivity contribution in [2.24, 2.45) is 0 Å². The Labute approximate surface area is 155 Å². The summed E-state index contributed by atoms with van der Waals surface area (Å²) in [6, 6.07) is 5.79. The maximum Gasteiger partial charge on any atom is 0.224 e. The van der Waals surface area contributed by atoms with Crippen LogP contribution in [0, 0.1) is 0 Å². The fraction of sp³-hybridized carbons (Fsp3) is 0.667. The van der Waals surface area contributed by atoms with Crippen molar-refractivity contribution in [3.63, 3.8) is 0 Å². The van der Waals surface area contributed by atoms with E-state index in [0.717, 1.165) is 38.5 Å². The van der Waals surface area contributed by atoms with Gasteiger partial charge in [-0.05, 0) is 25.5 Å². The normalized spacial score (nSPS) is 23.1. The standard InChI is InChI=1S/C18H28N4O3S/c1-2-22(16-7-14-26(24,25)15-16)18(23)6-9-20-10-12-21(13-11-20)17-5-3-4-8-19-17/h3-5,8,16H,2,6-7,9-15H2,1H3. The molecule has 144 valence electrons. The fourth-order valence-electron chi connectivity index (χ4n) is 3.80. The van der Waals surface area contributed by atoms with E-state index in [1.165, 1.54) is 0 Å². The molecule has 0 spiro atoms.